The number of methoxy groups -OCH3 is 1. The van der Waals surface area contributed by atoms with Gasteiger partial charge in [-0.1, -0.05) is 42.5 Å². The highest BCUT2D eigenvalue weighted by atomic mass is 16.5. The zero-order valence-electron chi connectivity index (χ0n) is 17.3. The van der Waals surface area contributed by atoms with Crippen LogP contribution in [-0.4, -0.2) is 45.3 Å². The summed E-state index contributed by atoms with van der Waals surface area (Å²) in [6.45, 7) is 3.03. The molecule has 4 aromatic rings. The summed E-state index contributed by atoms with van der Waals surface area (Å²) in [5, 5.41) is 9.90. The highest BCUT2D eigenvalue weighted by molar-refractivity contribution is 5.97. The Balaban J connectivity index is 1.22. The molecule has 6 nitrogen and oxygen atoms in total. The zero-order valence-corrected chi connectivity index (χ0v) is 17.3. The number of likely N-dealkylation sites (tertiary alicyclic amines) is 1. The maximum absolute atomic E-state index is 5.44. The Kier molecular flexibility index (Phi) is 5.24. The molecule has 5 rings (SSSR count). The predicted molar refractivity (Wildman–Crippen MR) is 118 cm³/mol. The fourth-order valence-corrected chi connectivity index (χ4v) is 4.49. The first-order chi connectivity index (χ1) is 14.8. The van der Waals surface area contributed by atoms with Gasteiger partial charge in [0.05, 0.1) is 19.2 Å². The van der Waals surface area contributed by atoms with E-state index in [9.17, 15) is 0 Å². The van der Waals surface area contributed by atoms with Crippen molar-refractivity contribution in [2.24, 2.45) is 5.92 Å². The van der Waals surface area contributed by atoms with Gasteiger partial charge in [0.15, 0.2) is 5.82 Å². The van der Waals surface area contributed by atoms with Gasteiger partial charge in [0.25, 0.3) is 0 Å². The van der Waals surface area contributed by atoms with E-state index in [0.29, 0.717) is 0 Å². The Labute approximate surface area is 176 Å². The predicted octanol–water partition coefficient (Wildman–Crippen LogP) is 4.42. The molecule has 0 unspecified atom stereocenters. The van der Waals surface area contributed by atoms with Gasteiger partial charge >= 0.3 is 0 Å². The SMILES string of the molecule is COc1cccc2c(-c3nnc(CN4CCC(Cc5ccccc5)CC4)[nH]3)c[nH]c12. The Hall–Kier alpha value is -3.12. The molecule has 0 amide bonds. The van der Waals surface area contributed by atoms with Crippen molar-refractivity contribution < 1.29 is 4.74 Å². The Morgan fingerprint density at radius 1 is 1.03 bits per heavy atom. The second kappa shape index (κ2) is 8.32. The molecule has 3 heterocycles. The molecule has 6 heteroatoms. The van der Waals surface area contributed by atoms with Crippen molar-refractivity contribution >= 4 is 10.9 Å². The molecule has 0 aliphatic carbocycles. The van der Waals surface area contributed by atoms with E-state index < -0.39 is 0 Å². The Morgan fingerprint density at radius 2 is 1.87 bits per heavy atom. The third-order valence-corrected chi connectivity index (χ3v) is 6.13. The zero-order chi connectivity index (χ0) is 20.3. The molecule has 0 saturated carbocycles. The molecular weight excluding hydrogens is 374 g/mol. The van der Waals surface area contributed by atoms with Gasteiger partial charge in [0, 0.05) is 17.1 Å². The molecule has 0 spiro atoms. The summed E-state index contributed by atoms with van der Waals surface area (Å²) < 4.78 is 5.44. The third kappa shape index (κ3) is 3.83. The number of piperidine rings is 1. The number of ether oxygens (including phenoxy) is 1. The number of aromatic nitrogens is 4. The lowest BCUT2D eigenvalue weighted by molar-refractivity contribution is 0.173. The molecule has 1 fully saturated rings. The van der Waals surface area contributed by atoms with Crippen LogP contribution in [0.1, 0.15) is 24.2 Å². The van der Waals surface area contributed by atoms with Gasteiger partial charge in [-0.05, 0) is 49.9 Å². The topological polar surface area (TPSA) is 69.8 Å². The number of nitrogens with zero attached hydrogens (tertiary/aromatic N) is 3. The van der Waals surface area contributed by atoms with E-state index in [2.05, 4.69) is 61.5 Å². The molecule has 0 bridgehead atoms. The summed E-state index contributed by atoms with van der Waals surface area (Å²) >= 11 is 0. The van der Waals surface area contributed by atoms with E-state index in [1.54, 1.807) is 7.11 Å². The maximum atomic E-state index is 5.44. The van der Waals surface area contributed by atoms with Crippen LogP contribution in [0.15, 0.2) is 54.7 Å². The molecule has 2 N–H and O–H groups in total. The normalized spacial score (nSPS) is 15.6. The van der Waals surface area contributed by atoms with Crippen LogP contribution in [0.4, 0.5) is 0 Å². The third-order valence-electron chi connectivity index (χ3n) is 6.13. The van der Waals surface area contributed by atoms with Gasteiger partial charge in [-0.25, -0.2) is 0 Å². The molecular formula is C24H27N5O. The highest BCUT2D eigenvalue weighted by Gasteiger charge is 2.21. The van der Waals surface area contributed by atoms with E-state index in [0.717, 1.165) is 59.4 Å². The minimum absolute atomic E-state index is 0.773. The van der Waals surface area contributed by atoms with Gasteiger partial charge < -0.3 is 14.7 Å². The van der Waals surface area contributed by atoms with Crippen molar-refractivity contribution in [2.75, 3.05) is 20.2 Å². The van der Waals surface area contributed by atoms with E-state index >= 15 is 0 Å². The summed E-state index contributed by atoms with van der Waals surface area (Å²) in [7, 11) is 1.69. The molecule has 154 valence electrons. The van der Waals surface area contributed by atoms with Crippen LogP contribution in [0, 0.1) is 5.92 Å². The van der Waals surface area contributed by atoms with Crippen LogP contribution < -0.4 is 4.74 Å². The number of rotatable bonds is 6. The molecule has 1 aliphatic heterocycles. The van der Waals surface area contributed by atoms with E-state index in [1.165, 1.54) is 24.8 Å². The number of H-pyrrole nitrogens is 2. The summed E-state index contributed by atoms with van der Waals surface area (Å²) in [5.41, 5.74) is 3.45. The van der Waals surface area contributed by atoms with Crippen molar-refractivity contribution in [3.05, 3.63) is 66.1 Å². The summed E-state index contributed by atoms with van der Waals surface area (Å²) in [5.74, 6) is 3.32. The van der Waals surface area contributed by atoms with Gasteiger partial charge in [-0.2, -0.15) is 0 Å². The summed E-state index contributed by atoms with van der Waals surface area (Å²) in [4.78, 5) is 9.19. The number of hydrogen-bond donors (Lipinski definition) is 2. The molecule has 30 heavy (non-hydrogen) atoms. The fourth-order valence-electron chi connectivity index (χ4n) is 4.49. The van der Waals surface area contributed by atoms with Crippen molar-refractivity contribution in [3.8, 4) is 17.1 Å². The van der Waals surface area contributed by atoms with E-state index in [-0.39, 0.29) is 0 Å². The molecule has 0 atom stereocenters. The van der Waals surface area contributed by atoms with Gasteiger partial charge in [-0.3, -0.25) is 4.90 Å². The molecule has 2 aromatic carbocycles. The quantitative estimate of drug-likeness (QED) is 0.502. The Bertz CT molecular complexity index is 1110. The maximum Gasteiger partial charge on any atom is 0.163 e. The largest absolute Gasteiger partial charge is 0.495 e. The Morgan fingerprint density at radius 3 is 2.67 bits per heavy atom. The number of para-hydroxylation sites is 1. The van der Waals surface area contributed by atoms with Gasteiger partial charge in [0.1, 0.15) is 11.6 Å². The van der Waals surface area contributed by atoms with Crippen molar-refractivity contribution in [1.29, 1.82) is 0 Å². The van der Waals surface area contributed by atoms with Crippen LogP contribution in [0.3, 0.4) is 0 Å². The average Bonchev–Trinajstić information content (AvgIpc) is 3.42. The first-order valence-electron chi connectivity index (χ1n) is 10.6. The smallest absolute Gasteiger partial charge is 0.163 e. The van der Waals surface area contributed by atoms with Crippen molar-refractivity contribution in [2.45, 2.75) is 25.8 Å². The second-order valence-electron chi connectivity index (χ2n) is 8.11. The number of fused-ring (bicyclic) bond motifs is 1. The van der Waals surface area contributed by atoms with Crippen molar-refractivity contribution in [3.63, 3.8) is 0 Å². The van der Waals surface area contributed by atoms with E-state index in [1.807, 2.05) is 18.3 Å². The fraction of sp³-hybridized carbons (Fsp3) is 0.333. The first-order valence-corrected chi connectivity index (χ1v) is 10.6. The number of benzene rings is 2. The minimum Gasteiger partial charge on any atom is -0.495 e. The number of hydrogen-bond acceptors (Lipinski definition) is 4. The first kappa shape index (κ1) is 18.9. The highest BCUT2D eigenvalue weighted by Crippen LogP contribution is 2.31. The lowest BCUT2D eigenvalue weighted by Gasteiger charge is -2.31. The lowest BCUT2D eigenvalue weighted by Crippen LogP contribution is -2.34. The van der Waals surface area contributed by atoms with Crippen LogP contribution in [-0.2, 0) is 13.0 Å². The monoisotopic (exact) mass is 401 g/mol. The van der Waals surface area contributed by atoms with Crippen LogP contribution >= 0.6 is 0 Å². The molecule has 0 radical (unpaired) electrons. The summed E-state index contributed by atoms with van der Waals surface area (Å²) in [6.07, 6.45) is 5.62. The molecule has 1 aliphatic rings. The van der Waals surface area contributed by atoms with Crippen LogP contribution in [0.25, 0.3) is 22.3 Å². The van der Waals surface area contributed by atoms with Crippen LogP contribution in [0.2, 0.25) is 0 Å². The molecule has 1 saturated heterocycles. The second-order valence-corrected chi connectivity index (χ2v) is 8.11. The average molecular weight is 402 g/mol. The number of nitrogens with one attached hydrogen (secondary N) is 2. The van der Waals surface area contributed by atoms with E-state index in [4.69, 9.17) is 4.74 Å². The van der Waals surface area contributed by atoms with Gasteiger partial charge in [-0.15, -0.1) is 10.2 Å². The lowest BCUT2D eigenvalue weighted by atomic mass is 9.90. The summed E-state index contributed by atoms with van der Waals surface area (Å²) in [6, 6.07) is 16.9. The van der Waals surface area contributed by atoms with Gasteiger partial charge in [0.2, 0.25) is 0 Å². The molecule has 2 aromatic heterocycles. The van der Waals surface area contributed by atoms with Crippen molar-refractivity contribution in [1.82, 2.24) is 25.1 Å². The standard InChI is InChI=1S/C24H27N5O/c1-30-21-9-5-8-19-20(15-25-23(19)21)24-26-22(27-28-24)16-29-12-10-18(11-13-29)14-17-6-3-2-4-7-17/h2-9,15,18,25H,10-14,16H2,1H3,(H,26,27,28). The number of aromatic amines is 2. The minimum atomic E-state index is 0.773. The van der Waals surface area contributed by atoms with Crippen LogP contribution in [0.5, 0.6) is 5.75 Å².